The van der Waals surface area contributed by atoms with E-state index in [2.05, 4.69) is 4.98 Å². The SMILES string of the molecule is Cc1ccc(OCCc2nccn2C)c(C(C)O)c1. The first kappa shape index (κ1) is 13.6. The smallest absolute Gasteiger partial charge is 0.125 e. The van der Waals surface area contributed by atoms with Crippen LogP contribution in [0.2, 0.25) is 0 Å². The topological polar surface area (TPSA) is 47.3 Å². The van der Waals surface area contributed by atoms with Crippen molar-refractivity contribution in [1.82, 2.24) is 9.55 Å². The first-order valence-corrected chi connectivity index (χ1v) is 6.45. The molecule has 0 fully saturated rings. The van der Waals surface area contributed by atoms with Gasteiger partial charge in [-0.15, -0.1) is 0 Å². The lowest BCUT2D eigenvalue weighted by molar-refractivity contribution is 0.191. The van der Waals surface area contributed by atoms with Gasteiger partial charge in [-0.1, -0.05) is 11.6 Å². The second-order valence-electron chi connectivity index (χ2n) is 4.77. The van der Waals surface area contributed by atoms with Gasteiger partial charge in [0.2, 0.25) is 0 Å². The van der Waals surface area contributed by atoms with Crippen LogP contribution in [0.1, 0.15) is 30.0 Å². The zero-order valence-corrected chi connectivity index (χ0v) is 11.6. The molecule has 4 heteroatoms. The van der Waals surface area contributed by atoms with Crippen LogP contribution in [-0.2, 0) is 13.5 Å². The first-order chi connectivity index (χ1) is 9.08. The van der Waals surface area contributed by atoms with Crippen LogP contribution in [-0.4, -0.2) is 21.3 Å². The highest BCUT2D eigenvalue weighted by Gasteiger charge is 2.09. The van der Waals surface area contributed by atoms with Crippen LogP contribution in [0.4, 0.5) is 0 Å². The second-order valence-corrected chi connectivity index (χ2v) is 4.77. The quantitative estimate of drug-likeness (QED) is 0.898. The van der Waals surface area contributed by atoms with Crippen LogP contribution in [0.25, 0.3) is 0 Å². The molecule has 0 aliphatic carbocycles. The molecule has 4 nitrogen and oxygen atoms in total. The predicted molar refractivity (Wildman–Crippen MR) is 74.2 cm³/mol. The molecule has 1 heterocycles. The van der Waals surface area contributed by atoms with E-state index in [9.17, 15) is 5.11 Å². The highest BCUT2D eigenvalue weighted by atomic mass is 16.5. The molecule has 0 spiro atoms. The van der Waals surface area contributed by atoms with Crippen molar-refractivity contribution in [3.05, 3.63) is 47.5 Å². The fourth-order valence-electron chi connectivity index (χ4n) is 2.02. The molecule has 1 aromatic heterocycles. The second kappa shape index (κ2) is 5.89. The fraction of sp³-hybridized carbons (Fsp3) is 0.400. The summed E-state index contributed by atoms with van der Waals surface area (Å²) in [6.45, 7) is 4.30. The van der Waals surface area contributed by atoms with E-state index in [-0.39, 0.29) is 0 Å². The highest BCUT2D eigenvalue weighted by molar-refractivity contribution is 5.38. The van der Waals surface area contributed by atoms with Gasteiger partial charge in [-0.3, -0.25) is 0 Å². The fourth-order valence-corrected chi connectivity index (χ4v) is 2.02. The summed E-state index contributed by atoms with van der Waals surface area (Å²) in [4.78, 5) is 4.25. The summed E-state index contributed by atoms with van der Waals surface area (Å²) in [6.07, 6.45) is 3.92. The maximum atomic E-state index is 9.76. The summed E-state index contributed by atoms with van der Waals surface area (Å²) in [5, 5.41) is 9.76. The molecule has 0 bridgehead atoms. The number of aliphatic hydroxyl groups excluding tert-OH is 1. The normalized spacial score (nSPS) is 12.4. The number of imidazole rings is 1. The molecule has 2 aromatic rings. The lowest BCUT2D eigenvalue weighted by atomic mass is 10.1. The van der Waals surface area contributed by atoms with E-state index in [0.29, 0.717) is 6.61 Å². The molecule has 0 saturated heterocycles. The molecule has 0 aliphatic heterocycles. The Balaban J connectivity index is 2.01. The number of hydrogen-bond acceptors (Lipinski definition) is 3. The number of hydrogen-bond donors (Lipinski definition) is 1. The third kappa shape index (κ3) is 3.35. The van der Waals surface area contributed by atoms with E-state index in [1.165, 1.54) is 0 Å². The standard InChI is InChI=1S/C15H20N2O2/c1-11-4-5-14(13(10-11)12(2)18)19-9-6-15-16-7-8-17(15)3/h4-5,7-8,10,12,18H,6,9H2,1-3H3. The number of rotatable bonds is 5. The molecule has 19 heavy (non-hydrogen) atoms. The minimum absolute atomic E-state index is 0.525. The monoisotopic (exact) mass is 260 g/mol. The van der Waals surface area contributed by atoms with Gasteiger partial charge in [0, 0.05) is 31.4 Å². The molecule has 0 amide bonds. The van der Waals surface area contributed by atoms with Crippen molar-refractivity contribution in [2.24, 2.45) is 7.05 Å². The van der Waals surface area contributed by atoms with E-state index >= 15 is 0 Å². The Morgan fingerprint density at radius 1 is 1.42 bits per heavy atom. The van der Waals surface area contributed by atoms with Gasteiger partial charge in [0.1, 0.15) is 11.6 Å². The number of aliphatic hydroxyl groups is 1. The number of nitrogens with zero attached hydrogens (tertiary/aromatic N) is 2. The number of aromatic nitrogens is 2. The van der Waals surface area contributed by atoms with Crippen molar-refractivity contribution >= 4 is 0 Å². The van der Waals surface area contributed by atoms with Crippen LogP contribution < -0.4 is 4.74 Å². The van der Waals surface area contributed by atoms with Crippen molar-refractivity contribution in [2.45, 2.75) is 26.4 Å². The minimum atomic E-state index is -0.525. The zero-order chi connectivity index (χ0) is 13.8. The van der Waals surface area contributed by atoms with Crippen molar-refractivity contribution < 1.29 is 9.84 Å². The Kier molecular flexibility index (Phi) is 4.22. The number of aryl methyl sites for hydroxylation is 2. The zero-order valence-electron chi connectivity index (χ0n) is 11.6. The van der Waals surface area contributed by atoms with Crippen molar-refractivity contribution in [3.63, 3.8) is 0 Å². The van der Waals surface area contributed by atoms with E-state index in [4.69, 9.17) is 4.74 Å². The van der Waals surface area contributed by atoms with Gasteiger partial charge in [0.25, 0.3) is 0 Å². The van der Waals surface area contributed by atoms with Gasteiger partial charge in [0.05, 0.1) is 12.7 Å². The van der Waals surface area contributed by atoms with Crippen LogP contribution in [0.3, 0.4) is 0 Å². The summed E-state index contributed by atoms with van der Waals surface area (Å²) in [5.41, 5.74) is 1.95. The lowest BCUT2D eigenvalue weighted by Gasteiger charge is -2.14. The van der Waals surface area contributed by atoms with Crippen LogP contribution in [0, 0.1) is 6.92 Å². The summed E-state index contributed by atoms with van der Waals surface area (Å²) in [7, 11) is 1.97. The van der Waals surface area contributed by atoms with Gasteiger partial charge in [-0.25, -0.2) is 4.98 Å². The van der Waals surface area contributed by atoms with E-state index < -0.39 is 6.10 Å². The molecule has 1 N–H and O–H groups in total. The number of ether oxygens (including phenoxy) is 1. The molecule has 102 valence electrons. The van der Waals surface area contributed by atoms with Gasteiger partial charge < -0.3 is 14.4 Å². The first-order valence-electron chi connectivity index (χ1n) is 6.45. The van der Waals surface area contributed by atoms with Gasteiger partial charge in [0.15, 0.2) is 0 Å². The molecular weight excluding hydrogens is 240 g/mol. The lowest BCUT2D eigenvalue weighted by Crippen LogP contribution is -2.08. The Labute approximate surface area is 113 Å². The van der Waals surface area contributed by atoms with Crippen molar-refractivity contribution in [3.8, 4) is 5.75 Å². The largest absolute Gasteiger partial charge is 0.493 e. The summed E-state index contributed by atoms with van der Waals surface area (Å²) in [5.74, 6) is 1.74. The molecule has 1 atom stereocenters. The highest BCUT2D eigenvalue weighted by Crippen LogP contribution is 2.26. The Bertz CT molecular complexity index is 547. The van der Waals surface area contributed by atoms with Crippen molar-refractivity contribution in [1.29, 1.82) is 0 Å². The Morgan fingerprint density at radius 2 is 2.21 bits per heavy atom. The summed E-state index contributed by atoms with van der Waals surface area (Å²) >= 11 is 0. The number of benzene rings is 1. The maximum absolute atomic E-state index is 9.76. The van der Waals surface area contributed by atoms with Crippen molar-refractivity contribution in [2.75, 3.05) is 6.61 Å². The van der Waals surface area contributed by atoms with E-state index in [0.717, 1.165) is 29.1 Å². The molecule has 0 radical (unpaired) electrons. The Morgan fingerprint density at radius 3 is 2.84 bits per heavy atom. The Hall–Kier alpha value is -1.81. The van der Waals surface area contributed by atoms with Gasteiger partial charge in [-0.05, 0) is 26.0 Å². The minimum Gasteiger partial charge on any atom is -0.493 e. The molecule has 0 saturated carbocycles. The summed E-state index contributed by atoms with van der Waals surface area (Å²) in [6, 6.07) is 5.86. The average molecular weight is 260 g/mol. The van der Waals surface area contributed by atoms with Crippen LogP contribution in [0.5, 0.6) is 5.75 Å². The van der Waals surface area contributed by atoms with Gasteiger partial charge >= 0.3 is 0 Å². The molecule has 1 unspecified atom stereocenters. The third-order valence-electron chi connectivity index (χ3n) is 3.12. The van der Waals surface area contributed by atoms with Crippen LogP contribution in [0.15, 0.2) is 30.6 Å². The average Bonchev–Trinajstić information content (AvgIpc) is 2.77. The molecular formula is C15H20N2O2. The van der Waals surface area contributed by atoms with E-state index in [1.807, 2.05) is 42.9 Å². The molecule has 0 aliphatic rings. The van der Waals surface area contributed by atoms with Crippen LogP contribution >= 0.6 is 0 Å². The predicted octanol–water partition coefficient (Wildman–Crippen LogP) is 2.40. The third-order valence-corrected chi connectivity index (χ3v) is 3.12. The van der Waals surface area contributed by atoms with E-state index in [1.54, 1.807) is 13.1 Å². The summed E-state index contributed by atoms with van der Waals surface area (Å²) < 4.78 is 7.75. The van der Waals surface area contributed by atoms with Gasteiger partial charge in [-0.2, -0.15) is 0 Å². The molecule has 2 rings (SSSR count). The molecule has 1 aromatic carbocycles. The maximum Gasteiger partial charge on any atom is 0.125 e.